The van der Waals surface area contributed by atoms with Crippen LogP contribution in [-0.4, -0.2) is 157 Å². The number of allylic oxidation sites excluding steroid dienone is 1. The average molecular weight is 1450 g/mol. The topological polar surface area (TPSA) is 198 Å². The first-order chi connectivity index (χ1) is 46.8. The van der Waals surface area contributed by atoms with E-state index in [1.54, 1.807) is 0 Å². The third-order valence-electron chi connectivity index (χ3n) is 16.6. The van der Waals surface area contributed by atoms with Crippen molar-refractivity contribution in [1.29, 1.82) is 0 Å². The number of hydrogen-bond acceptors (Lipinski definition) is 17. The zero-order valence-corrected chi connectivity index (χ0v) is 62.9. The minimum absolute atomic E-state index is 0.411. The summed E-state index contributed by atoms with van der Waals surface area (Å²) >= 11 is 0. The first-order valence-corrected chi connectivity index (χ1v) is 39.0. The highest BCUT2D eigenvalue weighted by Gasteiger charge is 2.32. The number of aryl methyl sites for hydroxylation is 4. The summed E-state index contributed by atoms with van der Waals surface area (Å²) < 4.78 is 71.9. The zero-order chi connectivity index (χ0) is 71.5. The Bertz CT molecular complexity index is 4190. The molecular formula is C73H91N9O10S6+2. The molecule has 0 saturated carbocycles. The molecule has 0 spiro atoms. The van der Waals surface area contributed by atoms with Gasteiger partial charge in [-0.05, 0) is 127 Å². The fourth-order valence-corrected chi connectivity index (χ4v) is 14.6. The van der Waals surface area contributed by atoms with Crippen molar-refractivity contribution in [2.75, 3.05) is 118 Å². The van der Waals surface area contributed by atoms with Gasteiger partial charge in [-0.15, -0.1) is 0 Å². The van der Waals surface area contributed by atoms with Gasteiger partial charge >= 0.3 is 10.4 Å². The highest BCUT2D eigenvalue weighted by atomic mass is 33.1. The number of carbonyl (C=O) groups excluding carboxylic acids is 2. The number of anilines is 4. The van der Waals surface area contributed by atoms with Crippen LogP contribution in [0.4, 0.5) is 28.4 Å². The van der Waals surface area contributed by atoms with Gasteiger partial charge in [0.25, 0.3) is 11.6 Å². The van der Waals surface area contributed by atoms with Crippen molar-refractivity contribution in [3.63, 3.8) is 0 Å². The van der Waals surface area contributed by atoms with E-state index in [2.05, 4.69) is 274 Å². The molecule has 98 heavy (non-hydrogen) atoms. The monoisotopic (exact) mass is 1450 g/mol. The Hall–Kier alpha value is -7.69. The quantitative estimate of drug-likeness (QED) is 0.0134. The van der Waals surface area contributed by atoms with Gasteiger partial charge in [-0.1, -0.05) is 110 Å². The standard InChI is InChI=1S/C41H47N5S2.C20H24N2O2S2.C10H13N2.2CH4O4S/c1-31-36-11-7-8-12-38(36)44(4)37(31)25-19-32-15-21-34(22-16-32)42(2)27-29-47-48-30-28-43(3)35-23-17-33(18-24-35)20-26-41-45(5)39-13-9-10-14-40(39)46(41)6;1-21(19-7-3-17(15-23)4-8-19)11-13-25-26-14-12-22(2)20-9-5-18(16-24)6-10-20;1-8-11(2)9-6-4-5-7-10(9)12(8)3;2*1-5-6(2,3)4/h7-26,31H,27-30H2,1-6H3;3-10,15-16H,11-14H2,1-2H3;4-7H,1-3H3;2*1H3,(H,2,3,4)/q+2;;+1;;/p-1. The molecule has 1 N–H and O–H groups in total. The fourth-order valence-electron chi connectivity index (χ4n) is 10.4. The highest BCUT2D eigenvalue weighted by molar-refractivity contribution is 8.77. The van der Waals surface area contributed by atoms with Crippen LogP contribution in [0, 0.1) is 6.92 Å². The lowest BCUT2D eigenvalue weighted by Gasteiger charge is -2.20. The summed E-state index contributed by atoms with van der Waals surface area (Å²) in [4.78, 5) is 30.5. The maximum Gasteiger partial charge on any atom is 0.397 e. The van der Waals surface area contributed by atoms with E-state index >= 15 is 0 Å². The van der Waals surface area contributed by atoms with Crippen LogP contribution in [0.5, 0.6) is 0 Å². The number of benzene rings is 7. The van der Waals surface area contributed by atoms with Crippen molar-refractivity contribution in [2.24, 2.45) is 28.2 Å². The second kappa shape index (κ2) is 39.2. The Morgan fingerprint density at radius 3 is 1.18 bits per heavy atom. The Morgan fingerprint density at radius 1 is 0.500 bits per heavy atom. The summed E-state index contributed by atoms with van der Waals surface area (Å²) in [5.41, 5.74) is 17.7. The number of aromatic nitrogens is 4. The number of fused-ring (bicyclic) bond motifs is 3. The lowest BCUT2D eigenvalue weighted by atomic mass is 9.97. The first kappa shape index (κ1) is 79.3. The molecule has 7 aromatic carbocycles. The van der Waals surface area contributed by atoms with E-state index < -0.39 is 20.8 Å². The van der Waals surface area contributed by atoms with E-state index in [4.69, 9.17) is 4.55 Å². The Balaban J connectivity index is 0.000000249. The molecule has 25 heteroatoms. The number of rotatable bonds is 26. The van der Waals surface area contributed by atoms with Gasteiger partial charge in [0, 0.05) is 142 Å². The second-order valence-corrected chi connectivity index (χ2v) is 30.5. The van der Waals surface area contributed by atoms with Gasteiger partial charge in [0.2, 0.25) is 16.1 Å². The van der Waals surface area contributed by atoms with Crippen LogP contribution in [0.3, 0.4) is 0 Å². The molecule has 3 heterocycles. The van der Waals surface area contributed by atoms with Gasteiger partial charge in [0.15, 0.2) is 27.8 Å². The van der Waals surface area contributed by atoms with Crippen LogP contribution in [0.1, 0.15) is 61.9 Å². The van der Waals surface area contributed by atoms with E-state index in [-0.39, 0.29) is 0 Å². The summed E-state index contributed by atoms with van der Waals surface area (Å²) in [6.07, 6.45) is 10.6. The van der Waals surface area contributed by atoms with E-state index in [9.17, 15) is 31.0 Å². The predicted octanol–water partition coefficient (Wildman–Crippen LogP) is 12.8. The number of carbonyl (C=O) groups is 2. The molecule has 10 rings (SSSR count). The SMILES string of the molecule is CC1C(/C=C/c2ccc(N(C)CCSSCCN(C)c3ccc(/C=C/c4n(C)c5ccccc5[n+]4C)cc3)cc2)=[N+](C)c2ccccc21.CN(CCSSCCN(C)c1ccc(C=O)cc1)c1ccc(C=O)cc1.COS(=O)(=O)O.COS(=O)(=O)[O-].Cc1n(C)c2ccccc2[n+]1C. The number of nitrogens with zero attached hydrogens (tertiary/aromatic N) is 9. The van der Waals surface area contributed by atoms with Crippen LogP contribution in [-0.2, 0) is 57.4 Å². The minimum Gasteiger partial charge on any atom is -0.726 e. The summed E-state index contributed by atoms with van der Waals surface area (Å²) in [7, 11) is 19.9. The van der Waals surface area contributed by atoms with Crippen LogP contribution in [0.15, 0.2) is 176 Å². The molecule has 2 aromatic heterocycles. The van der Waals surface area contributed by atoms with Crippen molar-refractivity contribution in [3.8, 4) is 0 Å². The molecule has 0 fully saturated rings. The average Bonchev–Trinajstić information content (AvgIpc) is 1.65. The molecule has 1 atom stereocenters. The second-order valence-electron chi connectivity index (χ2n) is 22.8. The molecule has 0 saturated heterocycles. The molecule has 0 radical (unpaired) electrons. The van der Waals surface area contributed by atoms with Gasteiger partial charge in [-0.25, -0.2) is 26.7 Å². The molecule has 1 aliphatic rings. The van der Waals surface area contributed by atoms with Crippen LogP contribution in [0.25, 0.3) is 40.3 Å². The zero-order valence-electron chi connectivity index (χ0n) is 58.0. The van der Waals surface area contributed by atoms with E-state index in [0.29, 0.717) is 17.0 Å². The Labute approximate surface area is 595 Å². The van der Waals surface area contributed by atoms with Gasteiger partial charge < -0.3 is 24.2 Å². The smallest absolute Gasteiger partial charge is 0.397 e. The van der Waals surface area contributed by atoms with Crippen LogP contribution in [0.2, 0.25) is 0 Å². The maximum atomic E-state index is 10.7. The van der Waals surface area contributed by atoms with Crippen molar-refractivity contribution in [2.45, 2.75) is 19.8 Å². The highest BCUT2D eigenvalue weighted by Crippen LogP contribution is 2.34. The molecule has 0 amide bonds. The van der Waals surface area contributed by atoms with Crippen molar-refractivity contribution >= 4 is 151 Å². The Kier molecular flexibility index (Phi) is 31.7. The summed E-state index contributed by atoms with van der Waals surface area (Å²) in [6.45, 7) is 8.37. The molecule has 19 nitrogen and oxygen atoms in total. The number of imidazole rings is 2. The normalized spacial score (nSPS) is 12.6. The van der Waals surface area contributed by atoms with Gasteiger partial charge in [0.1, 0.15) is 19.6 Å². The third-order valence-corrected chi connectivity index (χ3v) is 22.1. The predicted molar refractivity (Wildman–Crippen MR) is 411 cm³/mol. The summed E-state index contributed by atoms with van der Waals surface area (Å²) in [5.74, 6) is 7.11. The Morgan fingerprint density at radius 2 is 0.837 bits per heavy atom. The number of para-hydroxylation sites is 5. The lowest BCUT2D eigenvalue weighted by Crippen LogP contribution is -2.30. The van der Waals surface area contributed by atoms with Crippen molar-refractivity contribution in [3.05, 3.63) is 215 Å². The van der Waals surface area contributed by atoms with Crippen molar-refractivity contribution in [1.82, 2.24) is 9.13 Å². The van der Waals surface area contributed by atoms with E-state index in [0.717, 1.165) is 87.4 Å². The van der Waals surface area contributed by atoms with E-state index in [1.165, 1.54) is 73.2 Å². The molecule has 522 valence electrons. The lowest BCUT2D eigenvalue weighted by molar-refractivity contribution is -0.652. The van der Waals surface area contributed by atoms with Crippen molar-refractivity contribution < 1.29 is 57.6 Å². The van der Waals surface area contributed by atoms with Gasteiger partial charge in [0.05, 0.1) is 48.3 Å². The maximum absolute atomic E-state index is 10.7. The molecule has 1 unspecified atom stereocenters. The van der Waals surface area contributed by atoms with Gasteiger partial charge in [-0.2, -0.15) is 13.0 Å². The number of aldehydes is 2. The van der Waals surface area contributed by atoms with E-state index in [1.807, 2.05) is 91.7 Å². The summed E-state index contributed by atoms with van der Waals surface area (Å²) in [6, 6.07) is 58.7. The fraction of sp³-hybridized carbons (Fsp3) is 0.301. The molecule has 0 aliphatic carbocycles. The first-order valence-electron chi connectivity index (χ1n) is 31.4. The molecule has 9 aromatic rings. The molecule has 1 aliphatic heterocycles. The van der Waals surface area contributed by atoms with Crippen LogP contribution < -0.4 is 28.7 Å². The summed E-state index contributed by atoms with van der Waals surface area (Å²) in [5, 5.41) is 0. The van der Waals surface area contributed by atoms with Gasteiger partial charge in [-0.3, -0.25) is 22.5 Å². The minimum atomic E-state index is -4.41. The molecule has 0 bridgehead atoms. The molecular weight excluding hydrogens is 1360 g/mol. The third kappa shape index (κ3) is 24.0. The number of hydrogen-bond donors (Lipinski definition) is 1. The van der Waals surface area contributed by atoms with Crippen LogP contribution >= 0.6 is 43.2 Å². The largest absolute Gasteiger partial charge is 0.726 e.